The number of fused-ring (bicyclic) bond motifs is 2. The monoisotopic (exact) mass is 424 g/mol. The molecule has 2 saturated heterocycles. The highest BCUT2D eigenvalue weighted by atomic mass is 19.1. The molecule has 0 unspecified atom stereocenters. The lowest BCUT2D eigenvalue weighted by Crippen LogP contribution is -2.58. The van der Waals surface area contributed by atoms with E-state index in [1.165, 1.54) is 12.1 Å². The van der Waals surface area contributed by atoms with Gasteiger partial charge in [-0.05, 0) is 56.2 Å². The summed E-state index contributed by atoms with van der Waals surface area (Å²) in [5.41, 5.74) is 3.63. The quantitative estimate of drug-likeness (QED) is 0.654. The smallest absolute Gasteiger partial charge is 0.290 e. The molecule has 0 bridgehead atoms. The molecule has 7 nitrogen and oxygen atoms in total. The summed E-state index contributed by atoms with van der Waals surface area (Å²) in [6.45, 7) is 4.15. The minimum absolute atomic E-state index is 0.148. The number of carbonyl (C=O) groups excluding carboxylic acids is 1. The minimum Gasteiger partial charge on any atom is -0.483 e. The van der Waals surface area contributed by atoms with Crippen LogP contribution in [0, 0.1) is 5.82 Å². The average Bonchev–Trinajstić information content (AvgIpc) is 3.38. The van der Waals surface area contributed by atoms with Gasteiger partial charge in [0, 0.05) is 37.4 Å². The molecule has 0 spiro atoms. The third-order valence-electron chi connectivity index (χ3n) is 6.11. The van der Waals surface area contributed by atoms with Crippen molar-refractivity contribution in [2.75, 3.05) is 13.1 Å². The highest BCUT2D eigenvalue weighted by molar-refractivity contribution is 5.83. The van der Waals surface area contributed by atoms with Crippen molar-refractivity contribution in [1.82, 2.24) is 19.2 Å². The Bertz CT molecular complexity index is 1080. The van der Waals surface area contributed by atoms with Gasteiger partial charge in [-0.1, -0.05) is 6.07 Å². The number of piperazine rings is 1. The van der Waals surface area contributed by atoms with Gasteiger partial charge in [-0.15, -0.1) is 0 Å². The maximum absolute atomic E-state index is 13.4. The number of halogens is 1. The van der Waals surface area contributed by atoms with Gasteiger partial charge in [-0.2, -0.15) is 0 Å². The molecule has 4 heterocycles. The van der Waals surface area contributed by atoms with Crippen molar-refractivity contribution in [3.05, 3.63) is 60.2 Å². The van der Waals surface area contributed by atoms with Gasteiger partial charge in [0.25, 0.3) is 6.47 Å². The van der Waals surface area contributed by atoms with Crippen LogP contribution in [0.15, 0.2) is 48.7 Å². The van der Waals surface area contributed by atoms with Crippen LogP contribution in [0.25, 0.3) is 16.9 Å². The lowest BCUT2D eigenvalue weighted by Gasteiger charge is -2.41. The van der Waals surface area contributed by atoms with Gasteiger partial charge in [0.15, 0.2) is 0 Å². The summed E-state index contributed by atoms with van der Waals surface area (Å²) in [6.07, 6.45) is 4.17. The summed E-state index contributed by atoms with van der Waals surface area (Å²) >= 11 is 0. The van der Waals surface area contributed by atoms with E-state index in [0.717, 1.165) is 48.5 Å². The second-order valence-corrected chi connectivity index (χ2v) is 7.88. The van der Waals surface area contributed by atoms with Gasteiger partial charge in [0.05, 0.1) is 17.4 Å². The fraction of sp³-hybridized carbons (Fsp3) is 0.348. The van der Waals surface area contributed by atoms with Crippen molar-refractivity contribution in [1.29, 1.82) is 0 Å². The predicted octanol–water partition coefficient (Wildman–Crippen LogP) is 3.04. The molecule has 0 radical (unpaired) electrons. The minimum atomic E-state index is -0.259. The number of amides is 1. The molecule has 1 aromatic carbocycles. The van der Waals surface area contributed by atoms with Crippen molar-refractivity contribution >= 4 is 18.0 Å². The van der Waals surface area contributed by atoms with E-state index in [1.807, 2.05) is 31.3 Å². The first-order valence-electron chi connectivity index (χ1n) is 10.4. The van der Waals surface area contributed by atoms with Crippen molar-refractivity contribution in [2.24, 2.45) is 0 Å². The first-order valence-corrected chi connectivity index (χ1v) is 10.4. The zero-order valence-electron chi connectivity index (χ0n) is 17.3. The normalized spacial score (nSPS) is 21.0. The van der Waals surface area contributed by atoms with Gasteiger partial charge in [0.2, 0.25) is 5.91 Å². The first kappa shape index (κ1) is 21.0. The summed E-state index contributed by atoms with van der Waals surface area (Å²) in [7, 11) is 0. The number of hydrogen-bond donors (Lipinski definition) is 1. The Hall–Kier alpha value is -3.26. The van der Waals surface area contributed by atoms with Crippen molar-refractivity contribution in [2.45, 2.75) is 38.4 Å². The maximum atomic E-state index is 13.4. The van der Waals surface area contributed by atoms with Gasteiger partial charge >= 0.3 is 0 Å². The number of benzene rings is 1. The van der Waals surface area contributed by atoms with E-state index in [-0.39, 0.29) is 24.2 Å². The highest BCUT2D eigenvalue weighted by Crippen LogP contribution is 2.30. The Morgan fingerprint density at radius 3 is 2.71 bits per heavy atom. The van der Waals surface area contributed by atoms with Crippen LogP contribution >= 0.6 is 0 Å². The van der Waals surface area contributed by atoms with Gasteiger partial charge in [-0.3, -0.25) is 14.5 Å². The molecule has 1 N–H and O–H groups in total. The Morgan fingerprint density at radius 1 is 1.23 bits per heavy atom. The molecular weight excluding hydrogens is 399 g/mol. The molecule has 0 aliphatic carbocycles. The number of imidazole rings is 1. The number of carboxylic acid groups (broad SMARTS) is 1. The first-order chi connectivity index (χ1) is 15.0. The van der Waals surface area contributed by atoms with Crippen LogP contribution in [-0.2, 0) is 16.1 Å². The number of pyridine rings is 1. The van der Waals surface area contributed by atoms with Crippen molar-refractivity contribution in [3.8, 4) is 11.3 Å². The van der Waals surface area contributed by atoms with Crippen LogP contribution in [0.4, 0.5) is 4.39 Å². The number of carbonyl (C=O) groups is 2. The summed E-state index contributed by atoms with van der Waals surface area (Å²) < 4.78 is 15.5. The largest absolute Gasteiger partial charge is 0.483 e. The molecule has 8 heteroatoms. The van der Waals surface area contributed by atoms with Crippen LogP contribution in [0.1, 0.15) is 25.5 Å². The van der Waals surface area contributed by atoms with Crippen LogP contribution in [-0.4, -0.2) is 61.8 Å². The lowest BCUT2D eigenvalue weighted by atomic mass is 10.1. The predicted molar refractivity (Wildman–Crippen MR) is 114 cm³/mol. The number of hydrogen-bond acceptors (Lipinski definition) is 4. The third-order valence-corrected chi connectivity index (χ3v) is 6.11. The van der Waals surface area contributed by atoms with Crippen LogP contribution in [0.3, 0.4) is 0 Å². The Balaban J connectivity index is 0.000000730. The molecule has 3 aromatic rings. The average molecular weight is 424 g/mol. The van der Waals surface area contributed by atoms with E-state index in [1.54, 1.807) is 12.1 Å². The highest BCUT2D eigenvalue weighted by Gasteiger charge is 2.40. The van der Waals surface area contributed by atoms with E-state index < -0.39 is 0 Å². The summed E-state index contributed by atoms with van der Waals surface area (Å²) in [6, 6.07) is 12.6. The van der Waals surface area contributed by atoms with Crippen LogP contribution < -0.4 is 0 Å². The fourth-order valence-corrected chi connectivity index (χ4v) is 4.57. The second-order valence-electron chi connectivity index (χ2n) is 7.88. The molecule has 2 aliphatic rings. The zero-order valence-corrected chi connectivity index (χ0v) is 17.3. The van der Waals surface area contributed by atoms with Crippen molar-refractivity contribution in [3.63, 3.8) is 0 Å². The SMILES string of the molecule is C[C@@H]1C(=O)N2CCC[C@@H]2CN1Cc1c(-c2ccc(F)cc2)nc2ccccn12.O=CO. The lowest BCUT2D eigenvalue weighted by molar-refractivity contribution is -0.143. The molecule has 2 aromatic heterocycles. The van der Waals surface area contributed by atoms with Crippen LogP contribution in [0.2, 0.25) is 0 Å². The second kappa shape index (κ2) is 8.85. The number of aromatic nitrogens is 2. The Kier molecular flexibility index (Phi) is 5.99. The van der Waals surface area contributed by atoms with Gasteiger partial charge in [0.1, 0.15) is 11.5 Å². The molecule has 0 saturated carbocycles. The Morgan fingerprint density at radius 2 is 1.97 bits per heavy atom. The van der Waals surface area contributed by atoms with E-state index in [9.17, 15) is 9.18 Å². The molecule has 1 amide bonds. The summed E-state index contributed by atoms with van der Waals surface area (Å²) in [5, 5.41) is 6.89. The molecule has 2 fully saturated rings. The standard InChI is InChI=1S/C22H23FN4O.CH2O2/c1-15-22(28)26-12-4-5-18(26)13-25(15)14-19-21(16-7-9-17(23)10-8-16)24-20-6-2-3-11-27(19)20;2-1-3/h2-3,6-11,15,18H,4-5,12-14H2,1H3;1H,(H,2,3)/t15-,18-;/m1./s1. The van der Waals surface area contributed by atoms with E-state index in [0.29, 0.717) is 12.6 Å². The van der Waals surface area contributed by atoms with E-state index >= 15 is 0 Å². The molecule has 162 valence electrons. The Labute approximate surface area is 179 Å². The third kappa shape index (κ3) is 4.03. The van der Waals surface area contributed by atoms with Crippen LogP contribution in [0.5, 0.6) is 0 Å². The zero-order chi connectivity index (χ0) is 22.0. The molecule has 31 heavy (non-hydrogen) atoms. The number of nitrogens with zero attached hydrogens (tertiary/aromatic N) is 4. The van der Waals surface area contributed by atoms with E-state index in [4.69, 9.17) is 14.9 Å². The molecule has 2 atom stereocenters. The van der Waals surface area contributed by atoms with E-state index in [2.05, 4.69) is 14.2 Å². The fourth-order valence-electron chi connectivity index (χ4n) is 4.57. The molecular formula is C23H25FN4O3. The topological polar surface area (TPSA) is 78.2 Å². The number of rotatable bonds is 3. The summed E-state index contributed by atoms with van der Waals surface area (Å²) in [5.74, 6) is -0.0310. The van der Waals surface area contributed by atoms with Crippen molar-refractivity contribution < 1.29 is 19.1 Å². The molecule has 5 rings (SSSR count). The summed E-state index contributed by atoms with van der Waals surface area (Å²) in [4.78, 5) is 30.3. The van der Waals surface area contributed by atoms with Gasteiger partial charge in [-0.25, -0.2) is 9.37 Å². The van der Waals surface area contributed by atoms with Gasteiger partial charge < -0.3 is 14.4 Å². The maximum Gasteiger partial charge on any atom is 0.290 e. The molecule has 2 aliphatic heterocycles.